The molecule has 2 aromatic rings. The molecule has 4 fully saturated rings. The van der Waals surface area contributed by atoms with Gasteiger partial charge in [0, 0.05) is 49.3 Å². The highest BCUT2D eigenvalue weighted by atomic mass is 19.1. The quantitative estimate of drug-likeness (QED) is 0.779. The van der Waals surface area contributed by atoms with Gasteiger partial charge in [-0.15, -0.1) is 0 Å². The number of amides is 1. The summed E-state index contributed by atoms with van der Waals surface area (Å²) in [5, 5.41) is 4.79. The van der Waals surface area contributed by atoms with Crippen molar-refractivity contribution in [2.45, 2.75) is 37.6 Å². The Hall–Kier alpha value is -2.21. The first-order chi connectivity index (χ1) is 13.2. The highest BCUT2D eigenvalue weighted by Gasteiger charge is 2.50. The fraction of sp³-hybridized carbons (Fsp3) is 0.524. The third-order valence-corrected chi connectivity index (χ3v) is 6.96. The average Bonchev–Trinajstić information content (AvgIpc) is 3.33. The van der Waals surface area contributed by atoms with Gasteiger partial charge in [0.15, 0.2) is 0 Å². The van der Waals surface area contributed by atoms with Crippen LogP contribution in [0.1, 0.15) is 36.4 Å². The normalized spacial score (nSPS) is 30.8. The molecule has 3 saturated heterocycles. The Labute approximate surface area is 157 Å². The number of fused-ring (bicyclic) bond motifs is 7. The molecular weight excluding hydrogens is 343 g/mol. The van der Waals surface area contributed by atoms with Crippen LogP contribution in [-0.2, 0) is 6.42 Å². The van der Waals surface area contributed by atoms with Crippen molar-refractivity contribution >= 4 is 6.03 Å². The minimum absolute atomic E-state index is 0.0425. The molecule has 6 heteroatoms. The molecule has 3 aliphatic heterocycles. The third kappa shape index (κ3) is 2.39. The highest BCUT2D eigenvalue weighted by molar-refractivity contribution is 5.81. The number of carbonyl (C=O) groups excluding carboxylic acids is 1. The molecule has 27 heavy (non-hydrogen) atoms. The van der Waals surface area contributed by atoms with Crippen LogP contribution in [0.2, 0.25) is 0 Å². The molecule has 0 N–H and O–H groups in total. The van der Waals surface area contributed by atoms with Crippen LogP contribution < -0.4 is 0 Å². The Bertz CT molecular complexity index is 913. The number of halogens is 1. The number of carbonyl (C=O) groups is 1. The topological polar surface area (TPSA) is 41.4 Å². The smallest absolute Gasteiger partial charge is 0.318 e. The Balaban J connectivity index is 1.41. The summed E-state index contributed by atoms with van der Waals surface area (Å²) in [6, 6.07) is 6.87. The minimum Gasteiger partial charge on any atom is -0.318 e. The lowest BCUT2D eigenvalue weighted by Crippen LogP contribution is -2.44. The lowest BCUT2D eigenvalue weighted by molar-refractivity contribution is 0.168. The van der Waals surface area contributed by atoms with E-state index in [0.717, 1.165) is 62.4 Å². The van der Waals surface area contributed by atoms with Crippen molar-refractivity contribution in [1.29, 1.82) is 0 Å². The van der Waals surface area contributed by atoms with Crippen LogP contribution >= 0.6 is 0 Å². The van der Waals surface area contributed by atoms with Gasteiger partial charge in [-0.25, -0.2) is 9.18 Å². The molecule has 4 heterocycles. The zero-order chi connectivity index (χ0) is 18.1. The number of piperidine rings is 1. The molecule has 5 nitrogen and oxygen atoms in total. The first-order valence-electron chi connectivity index (χ1n) is 10.1. The maximum absolute atomic E-state index is 13.5. The van der Waals surface area contributed by atoms with Gasteiger partial charge in [0.2, 0.25) is 0 Å². The monoisotopic (exact) mass is 366 g/mol. The number of benzene rings is 1. The summed E-state index contributed by atoms with van der Waals surface area (Å²) in [7, 11) is 0. The summed E-state index contributed by atoms with van der Waals surface area (Å²) in [6.45, 7) is 3.94. The highest BCUT2D eigenvalue weighted by Crippen LogP contribution is 2.58. The van der Waals surface area contributed by atoms with Crippen LogP contribution in [0, 0.1) is 11.7 Å². The largest absolute Gasteiger partial charge is 0.345 e. The molecule has 2 aliphatic carbocycles. The van der Waals surface area contributed by atoms with Gasteiger partial charge in [0.25, 0.3) is 0 Å². The molecule has 0 unspecified atom stereocenters. The standard InChI is InChI=1S/C21H23FN4O/c22-15-3-1-13(2-4-15)19-18-12-14-11-17(14)20(18)26(23-19)21(27)25-10-9-24-7-5-16(25)6-8-24/h1-4,14,16-17H,5-12H2/t14-,17-/m0/s1. The Morgan fingerprint density at radius 2 is 1.85 bits per heavy atom. The Kier molecular flexibility index (Phi) is 3.30. The number of hydrogen-bond acceptors (Lipinski definition) is 3. The van der Waals surface area contributed by atoms with Gasteiger partial charge < -0.3 is 9.80 Å². The van der Waals surface area contributed by atoms with Crippen molar-refractivity contribution in [2.24, 2.45) is 5.92 Å². The second-order valence-corrected chi connectivity index (χ2v) is 8.49. The van der Waals surface area contributed by atoms with Crippen molar-refractivity contribution in [2.75, 3.05) is 26.2 Å². The summed E-state index contributed by atoms with van der Waals surface area (Å²) < 4.78 is 15.1. The van der Waals surface area contributed by atoms with Gasteiger partial charge in [-0.3, -0.25) is 0 Å². The van der Waals surface area contributed by atoms with Crippen LogP contribution in [0.4, 0.5) is 9.18 Å². The molecule has 5 aliphatic rings. The molecule has 2 atom stereocenters. The second kappa shape index (κ2) is 5.64. The Morgan fingerprint density at radius 1 is 1.07 bits per heavy atom. The van der Waals surface area contributed by atoms with E-state index < -0.39 is 0 Å². The molecule has 1 amide bonds. The number of nitrogens with zero attached hydrogens (tertiary/aromatic N) is 4. The molecule has 140 valence electrons. The maximum Gasteiger partial charge on any atom is 0.345 e. The van der Waals surface area contributed by atoms with Crippen LogP contribution in [0.5, 0.6) is 0 Å². The van der Waals surface area contributed by atoms with E-state index >= 15 is 0 Å². The van der Waals surface area contributed by atoms with Crippen molar-refractivity contribution in [3.63, 3.8) is 0 Å². The first-order valence-corrected chi connectivity index (χ1v) is 10.1. The van der Waals surface area contributed by atoms with Crippen molar-refractivity contribution < 1.29 is 9.18 Å². The maximum atomic E-state index is 13.5. The van der Waals surface area contributed by atoms with Crippen LogP contribution in [-0.4, -0.2) is 57.8 Å². The summed E-state index contributed by atoms with van der Waals surface area (Å²) in [4.78, 5) is 18.0. The molecule has 2 bridgehead atoms. The number of hydrogen-bond donors (Lipinski definition) is 0. The summed E-state index contributed by atoms with van der Waals surface area (Å²) >= 11 is 0. The van der Waals surface area contributed by atoms with Gasteiger partial charge in [0.1, 0.15) is 5.82 Å². The zero-order valence-electron chi connectivity index (χ0n) is 15.3. The molecule has 0 spiro atoms. The van der Waals surface area contributed by atoms with Gasteiger partial charge in [-0.1, -0.05) is 0 Å². The average molecular weight is 366 g/mol. The van der Waals surface area contributed by atoms with Crippen LogP contribution in [0.3, 0.4) is 0 Å². The molecule has 1 aromatic carbocycles. The van der Waals surface area contributed by atoms with E-state index in [1.54, 1.807) is 16.8 Å². The lowest BCUT2D eigenvalue weighted by atomic mass is 10.0. The predicted octanol–water partition coefficient (Wildman–Crippen LogP) is 3.10. The van der Waals surface area contributed by atoms with Gasteiger partial charge in [-0.2, -0.15) is 9.78 Å². The zero-order valence-corrected chi connectivity index (χ0v) is 15.3. The molecule has 1 saturated carbocycles. The Morgan fingerprint density at radius 3 is 2.63 bits per heavy atom. The lowest BCUT2D eigenvalue weighted by Gasteiger charge is -2.31. The fourth-order valence-corrected chi connectivity index (χ4v) is 5.36. The van der Waals surface area contributed by atoms with Crippen LogP contribution in [0.25, 0.3) is 11.3 Å². The van der Waals surface area contributed by atoms with Crippen molar-refractivity contribution in [1.82, 2.24) is 19.6 Å². The minimum atomic E-state index is -0.246. The second-order valence-electron chi connectivity index (χ2n) is 8.49. The fourth-order valence-electron chi connectivity index (χ4n) is 5.36. The molecule has 0 radical (unpaired) electrons. The summed E-state index contributed by atoms with van der Waals surface area (Å²) in [6.07, 6.45) is 4.29. The van der Waals surface area contributed by atoms with Gasteiger partial charge in [-0.05, 0) is 55.9 Å². The summed E-state index contributed by atoms with van der Waals surface area (Å²) in [5.41, 5.74) is 4.11. The number of rotatable bonds is 1. The van der Waals surface area contributed by atoms with Gasteiger partial charge in [0.05, 0.1) is 11.4 Å². The van der Waals surface area contributed by atoms with Crippen molar-refractivity contribution in [3.05, 3.63) is 41.3 Å². The van der Waals surface area contributed by atoms with E-state index in [2.05, 4.69) is 9.80 Å². The molecular formula is C21H23FN4O. The van der Waals surface area contributed by atoms with E-state index in [0.29, 0.717) is 17.9 Å². The van der Waals surface area contributed by atoms with E-state index in [1.165, 1.54) is 24.1 Å². The predicted molar refractivity (Wildman–Crippen MR) is 99.1 cm³/mol. The first kappa shape index (κ1) is 15.8. The van der Waals surface area contributed by atoms with E-state index in [4.69, 9.17) is 5.10 Å². The molecule has 1 aromatic heterocycles. The SMILES string of the molecule is O=C(N1CCN2CCC1CC2)n1nc(-c2ccc(F)cc2)c2c1[C@H]1C[C@H]1C2. The van der Waals surface area contributed by atoms with E-state index in [9.17, 15) is 9.18 Å². The van der Waals surface area contributed by atoms with Crippen LogP contribution in [0.15, 0.2) is 24.3 Å². The van der Waals surface area contributed by atoms with Crippen molar-refractivity contribution in [3.8, 4) is 11.3 Å². The number of aromatic nitrogens is 2. The summed E-state index contributed by atoms with van der Waals surface area (Å²) in [5.74, 6) is 0.907. The molecule has 7 rings (SSSR count). The third-order valence-electron chi connectivity index (χ3n) is 6.96. The van der Waals surface area contributed by atoms with Gasteiger partial charge >= 0.3 is 6.03 Å². The van der Waals surface area contributed by atoms with E-state index in [-0.39, 0.29) is 11.8 Å². The van der Waals surface area contributed by atoms with E-state index in [1.807, 2.05) is 0 Å².